The molecule has 0 fully saturated rings. The fourth-order valence-electron chi connectivity index (χ4n) is 2.08. The van der Waals surface area contributed by atoms with Crippen LogP contribution in [0.25, 0.3) is 11.4 Å². The zero-order valence-electron chi connectivity index (χ0n) is 12.6. The molecule has 3 rings (SSSR count). The number of hydrogen-bond acceptors (Lipinski definition) is 5. The van der Waals surface area contributed by atoms with Gasteiger partial charge in [-0.2, -0.15) is 4.80 Å². The van der Waals surface area contributed by atoms with E-state index in [-0.39, 0.29) is 22.2 Å². The van der Waals surface area contributed by atoms with Crippen LogP contribution >= 0.6 is 34.8 Å². The molecule has 0 aliphatic heterocycles. The van der Waals surface area contributed by atoms with Crippen molar-refractivity contribution < 1.29 is 8.42 Å². The van der Waals surface area contributed by atoms with Gasteiger partial charge in [0.05, 0.1) is 22.2 Å². The Morgan fingerprint density at radius 3 is 2.36 bits per heavy atom. The number of halogens is 3. The smallest absolute Gasteiger partial charge is 0.204 e. The monoisotopic (exact) mass is 416 g/mol. The van der Waals surface area contributed by atoms with Crippen LogP contribution in [0.5, 0.6) is 0 Å². The van der Waals surface area contributed by atoms with Crippen LogP contribution < -0.4 is 0 Å². The van der Waals surface area contributed by atoms with Crippen molar-refractivity contribution in [1.82, 2.24) is 20.2 Å². The zero-order chi connectivity index (χ0) is 18.0. The average Bonchev–Trinajstić information content (AvgIpc) is 3.05. The van der Waals surface area contributed by atoms with Crippen molar-refractivity contribution in [3.8, 4) is 11.4 Å². The molecule has 0 saturated carbocycles. The van der Waals surface area contributed by atoms with Crippen LogP contribution in [0.2, 0.25) is 15.1 Å². The average molecular weight is 418 g/mol. The molecule has 130 valence electrons. The fourth-order valence-corrected chi connectivity index (χ4v) is 4.21. The molecule has 0 N–H and O–H groups in total. The number of aromatic nitrogens is 4. The molecule has 0 aliphatic rings. The third-order valence-electron chi connectivity index (χ3n) is 3.34. The van der Waals surface area contributed by atoms with Crippen molar-refractivity contribution in [2.45, 2.75) is 11.4 Å². The number of aryl methyl sites for hydroxylation is 1. The van der Waals surface area contributed by atoms with Crippen LogP contribution in [0.4, 0.5) is 0 Å². The minimum absolute atomic E-state index is 0.0142. The molecule has 2 aromatic carbocycles. The molecule has 0 aliphatic carbocycles. The Hall–Kier alpha value is -1.67. The number of sulfone groups is 1. The zero-order valence-corrected chi connectivity index (χ0v) is 15.7. The predicted octanol–water partition coefficient (Wildman–Crippen LogP) is 3.77. The molecule has 1 aromatic heterocycles. The van der Waals surface area contributed by atoms with E-state index >= 15 is 0 Å². The van der Waals surface area contributed by atoms with E-state index < -0.39 is 9.84 Å². The van der Waals surface area contributed by atoms with Gasteiger partial charge in [-0.25, -0.2) is 8.42 Å². The predicted molar refractivity (Wildman–Crippen MR) is 96.8 cm³/mol. The maximum atomic E-state index is 12.4. The van der Waals surface area contributed by atoms with Gasteiger partial charge in [0.15, 0.2) is 9.84 Å². The molecule has 6 nitrogen and oxygen atoms in total. The summed E-state index contributed by atoms with van der Waals surface area (Å²) in [5.41, 5.74) is 0.733. The first-order valence-corrected chi connectivity index (χ1v) is 9.85. The van der Waals surface area contributed by atoms with E-state index in [0.717, 1.165) is 5.56 Å². The van der Waals surface area contributed by atoms with Crippen LogP contribution in [0.15, 0.2) is 47.4 Å². The molecule has 0 unspecified atom stereocenters. The van der Waals surface area contributed by atoms with Crippen molar-refractivity contribution >= 4 is 44.6 Å². The van der Waals surface area contributed by atoms with Gasteiger partial charge in [-0.1, -0.05) is 34.8 Å². The Balaban J connectivity index is 1.75. The third kappa shape index (κ3) is 4.30. The number of hydrogen-bond donors (Lipinski definition) is 0. The largest absolute Gasteiger partial charge is 0.224 e. The number of nitrogens with zero attached hydrogens (tertiary/aromatic N) is 4. The lowest BCUT2D eigenvalue weighted by Crippen LogP contribution is -2.15. The Morgan fingerprint density at radius 1 is 0.960 bits per heavy atom. The van der Waals surface area contributed by atoms with Gasteiger partial charge in [-0.05, 0) is 47.7 Å². The van der Waals surface area contributed by atoms with E-state index in [1.54, 1.807) is 24.3 Å². The van der Waals surface area contributed by atoms with E-state index in [9.17, 15) is 8.42 Å². The summed E-state index contributed by atoms with van der Waals surface area (Å²) in [5.74, 6) is 0.151. The second kappa shape index (κ2) is 7.29. The van der Waals surface area contributed by atoms with E-state index in [1.165, 1.54) is 23.0 Å². The van der Waals surface area contributed by atoms with Gasteiger partial charge in [0.2, 0.25) is 5.82 Å². The van der Waals surface area contributed by atoms with E-state index in [2.05, 4.69) is 15.4 Å². The van der Waals surface area contributed by atoms with Gasteiger partial charge in [-0.3, -0.25) is 0 Å². The summed E-state index contributed by atoms with van der Waals surface area (Å²) >= 11 is 17.6. The molecule has 0 bridgehead atoms. The summed E-state index contributed by atoms with van der Waals surface area (Å²) in [5, 5.41) is 13.0. The van der Waals surface area contributed by atoms with E-state index in [1.807, 2.05) is 0 Å². The normalized spacial score (nSPS) is 11.6. The molecular formula is C15H11Cl3N4O2S. The lowest BCUT2D eigenvalue weighted by molar-refractivity contribution is 0.538. The van der Waals surface area contributed by atoms with E-state index in [4.69, 9.17) is 34.8 Å². The van der Waals surface area contributed by atoms with Gasteiger partial charge in [0.1, 0.15) is 0 Å². The van der Waals surface area contributed by atoms with Crippen molar-refractivity contribution in [2.75, 3.05) is 5.75 Å². The molecule has 0 saturated heterocycles. The molecule has 0 amide bonds. The maximum absolute atomic E-state index is 12.4. The molecule has 0 atom stereocenters. The highest BCUT2D eigenvalue weighted by Crippen LogP contribution is 2.26. The summed E-state index contributed by atoms with van der Waals surface area (Å²) in [6.07, 6.45) is 0. The first kappa shape index (κ1) is 18.1. The van der Waals surface area contributed by atoms with Gasteiger partial charge >= 0.3 is 0 Å². The van der Waals surface area contributed by atoms with Crippen LogP contribution in [-0.2, 0) is 16.4 Å². The highest BCUT2D eigenvalue weighted by molar-refractivity contribution is 7.91. The summed E-state index contributed by atoms with van der Waals surface area (Å²) in [6, 6.07) is 11.2. The first-order chi connectivity index (χ1) is 11.8. The standard InChI is InChI=1S/C15H11Cl3N4O2S/c16-11-3-1-10(2-4-11)15-19-21-22(20-15)7-8-25(23,24)14-9-12(17)5-6-13(14)18/h1-6,9H,7-8H2. The van der Waals surface area contributed by atoms with Gasteiger partial charge < -0.3 is 0 Å². The molecule has 0 radical (unpaired) electrons. The van der Waals surface area contributed by atoms with Crippen LogP contribution in [-0.4, -0.2) is 34.4 Å². The summed E-state index contributed by atoms with van der Waals surface area (Å²) < 4.78 is 24.9. The summed E-state index contributed by atoms with van der Waals surface area (Å²) in [4.78, 5) is 1.21. The molecule has 25 heavy (non-hydrogen) atoms. The topological polar surface area (TPSA) is 77.7 Å². The Morgan fingerprint density at radius 2 is 1.64 bits per heavy atom. The van der Waals surface area contributed by atoms with E-state index in [0.29, 0.717) is 15.9 Å². The third-order valence-corrected chi connectivity index (χ3v) is 6.00. The fraction of sp³-hybridized carbons (Fsp3) is 0.133. The molecule has 1 heterocycles. The Bertz CT molecular complexity index is 1000. The quantitative estimate of drug-likeness (QED) is 0.631. The number of rotatable bonds is 5. The molecule has 10 heteroatoms. The summed E-state index contributed by atoms with van der Waals surface area (Å²) in [6.45, 7) is 0.0335. The van der Waals surface area contributed by atoms with Crippen molar-refractivity contribution in [3.63, 3.8) is 0 Å². The molecule has 0 spiro atoms. The molecule has 3 aromatic rings. The highest BCUT2D eigenvalue weighted by atomic mass is 35.5. The van der Waals surface area contributed by atoms with Crippen molar-refractivity contribution in [2.24, 2.45) is 0 Å². The lowest BCUT2D eigenvalue weighted by Gasteiger charge is -2.06. The number of benzene rings is 2. The number of tetrazole rings is 1. The van der Waals surface area contributed by atoms with Crippen molar-refractivity contribution in [3.05, 3.63) is 57.5 Å². The Kier molecular flexibility index (Phi) is 5.29. The SMILES string of the molecule is O=S(=O)(CCn1nnc(-c2ccc(Cl)cc2)n1)c1cc(Cl)ccc1Cl. The van der Waals surface area contributed by atoms with Crippen LogP contribution in [0, 0.1) is 0 Å². The van der Waals surface area contributed by atoms with Gasteiger partial charge in [0, 0.05) is 15.6 Å². The summed E-state index contributed by atoms with van der Waals surface area (Å²) in [7, 11) is -3.64. The lowest BCUT2D eigenvalue weighted by atomic mass is 10.2. The second-order valence-electron chi connectivity index (χ2n) is 5.11. The first-order valence-electron chi connectivity index (χ1n) is 7.07. The minimum atomic E-state index is -3.64. The van der Waals surface area contributed by atoms with Crippen LogP contribution in [0.3, 0.4) is 0 Å². The van der Waals surface area contributed by atoms with Crippen molar-refractivity contribution in [1.29, 1.82) is 0 Å². The maximum Gasteiger partial charge on any atom is 0.204 e. The minimum Gasteiger partial charge on any atom is -0.224 e. The van der Waals surface area contributed by atoms with Gasteiger partial charge in [-0.15, -0.1) is 10.2 Å². The van der Waals surface area contributed by atoms with Gasteiger partial charge in [0.25, 0.3) is 0 Å². The second-order valence-corrected chi connectivity index (χ2v) is 8.47. The highest BCUT2D eigenvalue weighted by Gasteiger charge is 2.19. The molecular weight excluding hydrogens is 407 g/mol. The Labute approximate surface area is 159 Å². The van der Waals surface area contributed by atoms with Crippen LogP contribution in [0.1, 0.15) is 0 Å².